The minimum atomic E-state index is -0.284. The van der Waals surface area contributed by atoms with E-state index < -0.39 is 0 Å². The van der Waals surface area contributed by atoms with Gasteiger partial charge < -0.3 is 14.8 Å². The molecule has 2 atom stereocenters. The first-order chi connectivity index (χ1) is 10.4. The number of ether oxygens (including phenoxy) is 2. The Hall–Kier alpha value is -1.55. The van der Waals surface area contributed by atoms with Gasteiger partial charge in [-0.15, -0.1) is 0 Å². The van der Waals surface area contributed by atoms with Gasteiger partial charge in [-0.05, 0) is 42.9 Å². The second-order valence-electron chi connectivity index (χ2n) is 7.00. The molecule has 0 aliphatic carbocycles. The molecule has 0 saturated carbocycles. The smallest absolute Gasteiger partial charge is 0.249 e. The van der Waals surface area contributed by atoms with Crippen molar-refractivity contribution < 1.29 is 14.3 Å². The first-order valence-electron chi connectivity index (χ1n) is 8.01. The Morgan fingerprint density at radius 2 is 2.05 bits per heavy atom. The lowest BCUT2D eigenvalue weighted by Gasteiger charge is -2.20. The summed E-state index contributed by atoms with van der Waals surface area (Å²) in [4.78, 5) is 11.9. The number of amides is 1. The van der Waals surface area contributed by atoms with E-state index in [1.165, 1.54) is 5.56 Å². The fourth-order valence-electron chi connectivity index (χ4n) is 2.43. The highest BCUT2D eigenvalue weighted by molar-refractivity contribution is 5.81. The molecule has 1 heterocycles. The number of carbonyl (C=O) groups excluding carboxylic acids is 1. The predicted octanol–water partition coefficient (Wildman–Crippen LogP) is 3.05. The molecule has 2 unspecified atom stereocenters. The van der Waals surface area contributed by atoms with Crippen molar-refractivity contribution in [2.45, 2.75) is 58.1 Å². The number of rotatable bonds is 5. The molecule has 1 aliphatic heterocycles. The highest BCUT2D eigenvalue weighted by atomic mass is 16.5. The van der Waals surface area contributed by atoms with Crippen LogP contribution < -0.4 is 10.1 Å². The van der Waals surface area contributed by atoms with Crippen molar-refractivity contribution in [3.8, 4) is 5.75 Å². The monoisotopic (exact) mass is 305 g/mol. The second kappa shape index (κ2) is 7.14. The highest BCUT2D eigenvalue weighted by Crippen LogP contribution is 2.24. The van der Waals surface area contributed by atoms with Crippen LogP contribution in [0, 0.1) is 0 Å². The minimum absolute atomic E-state index is 0.0309. The van der Waals surface area contributed by atoms with E-state index in [-0.39, 0.29) is 23.5 Å². The lowest BCUT2D eigenvalue weighted by atomic mass is 9.87. The van der Waals surface area contributed by atoms with Gasteiger partial charge in [0.15, 0.2) is 0 Å². The van der Waals surface area contributed by atoms with Gasteiger partial charge in [-0.3, -0.25) is 4.79 Å². The summed E-state index contributed by atoms with van der Waals surface area (Å²) in [6, 6.07) is 8.10. The largest absolute Gasteiger partial charge is 0.491 e. The summed E-state index contributed by atoms with van der Waals surface area (Å²) >= 11 is 0. The molecule has 1 fully saturated rings. The third kappa shape index (κ3) is 4.73. The molecule has 1 aliphatic rings. The van der Waals surface area contributed by atoms with Gasteiger partial charge in [0, 0.05) is 6.61 Å². The van der Waals surface area contributed by atoms with E-state index in [2.05, 4.69) is 38.2 Å². The summed E-state index contributed by atoms with van der Waals surface area (Å²) in [6.45, 7) is 9.63. The molecule has 2 rings (SSSR count). The fourth-order valence-corrected chi connectivity index (χ4v) is 2.43. The molecule has 1 amide bonds. The number of hydrogen-bond donors (Lipinski definition) is 1. The van der Waals surface area contributed by atoms with Crippen molar-refractivity contribution in [2.24, 2.45) is 0 Å². The van der Waals surface area contributed by atoms with Gasteiger partial charge in [0.2, 0.25) is 5.91 Å². The molecule has 0 spiro atoms. The summed E-state index contributed by atoms with van der Waals surface area (Å²) in [5, 5.41) is 2.94. The van der Waals surface area contributed by atoms with E-state index in [9.17, 15) is 4.79 Å². The van der Waals surface area contributed by atoms with Gasteiger partial charge >= 0.3 is 0 Å². The Morgan fingerprint density at radius 3 is 2.59 bits per heavy atom. The van der Waals surface area contributed by atoms with Crippen LogP contribution in [0.3, 0.4) is 0 Å². The van der Waals surface area contributed by atoms with Crippen molar-refractivity contribution >= 4 is 5.91 Å². The Balaban J connectivity index is 1.78. The summed E-state index contributed by atoms with van der Waals surface area (Å²) < 4.78 is 11.1. The molecule has 1 aromatic rings. The van der Waals surface area contributed by atoms with Crippen LogP contribution in [-0.4, -0.2) is 31.3 Å². The number of carbonyl (C=O) groups is 1. The molecule has 4 heteroatoms. The van der Waals surface area contributed by atoms with Crippen LogP contribution in [0.15, 0.2) is 24.3 Å². The Labute approximate surface area is 133 Å². The van der Waals surface area contributed by atoms with E-state index in [0.29, 0.717) is 13.2 Å². The zero-order valence-electron chi connectivity index (χ0n) is 14.0. The Bertz CT molecular complexity index is 484. The third-order valence-corrected chi connectivity index (χ3v) is 3.83. The maximum Gasteiger partial charge on any atom is 0.249 e. The molecular formula is C18H27NO3. The third-order valence-electron chi connectivity index (χ3n) is 3.83. The topological polar surface area (TPSA) is 47.6 Å². The van der Waals surface area contributed by atoms with Crippen LogP contribution in [0.5, 0.6) is 5.75 Å². The van der Waals surface area contributed by atoms with Crippen molar-refractivity contribution in [1.29, 1.82) is 0 Å². The highest BCUT2D eigenvalue weighted by Gasteiger charge is 2.24. The summed E-state index contributed by atoms with van der Waals surface area (Å²) in [6.07, 6.45) is 1.49. The van der Waals surface area contributed by atoms with E-state index >= 15 is 0 Å². The van der Waals surface area contributed by atoms with Gasteiger partial charge in [-0.25, -0.2) is 0 Å². The van der Waals surface area contributed by atoms with Crippen LogP contribution in [0.2, 0.25) is 0 Å². The SMILES string of the molecule is CC(COc1ccc(C(C)(C)C)cc1)NC(=O)C1CCCO1. The van der Waals surface area contributed by atoms with E-state index in [4.69, 9.17) is 9.47 Å². The lowest BCUT2D eigenvalue weighted by Crippen LogP contribution is -2.42. The zero-order chi connectivity index (χ0) is 16.2. The summed E-state index contributed by atoms with van der Waals surface area (Å²) in [5.41, 5.74) is 1.42. The first kappa shape index (κ1) is 16.8. The molecule has 0 aromatic heterocycles. The van der Waals surface area contributed by atoms with Gasteiger partial charge in [-0.2, -0.15) is 0 Å². The maximum absolute atomic E-state index is 11.9. The molecule has 1 aromatic carbocycles. The van der Waals surface area contributed by atoms with Crippen LogP contribution >= 0.6 is 0 Å². The predicted molar refractivity (Wildman–Crippen MR) is 87.2 cm³/mol. The molecule has 122 valence electrons. The van der Waals surface area contributed by atoms with Crippen LogP contribution in [0.25, 0.3) is 0 Å². The number of nitrogens with one attached hydrogen (secondary N) is 1. The van der Waals surface area contributed by atoms with Gasteiger partial charge in [-0.1, -0.05) is 32.9 Å². The van der Waals surface area contributed by atoms with Gasteiger partial charge in [0.25, 0.3) is 0 Å². The summed E-state index contributed by atoms with van der Waals surface area (Å²) in [5.74, 6) is 0.794. The Kier molecular flexibility index (Phi) is 5.46. The van der Waals surface area contributed by atoms with Crippen molar-refractivity contribution in [3.63, 3.8) is 0 Å². The number of benzene rings is 1. The van der Waals surface area contributed by atoms with Crippen LogP contribution in [0.4, 0.5) is 0 Å². The molecular weight excluding hydrogens is 278 g/mol. The normalized spacial score (nSPS) is 19.7. The molecule has 4 nitrogen and oxygen atoms in total. The van der Waals surface area contributed by atoms with Crippen LogP contribution in [0.1, 0.15) is 46.1 Å². The molecule has 1 N–H and O–H groups in total. The molecule has 22 heavy (non-hydrogen) atoms. The molecule has 1 saturated heterocycles. The number of hydrogen-bond acceptors (Lipinski definition) is 3. The van der Waals surface area contributed by atoms with Crippen LogP contribution in [-0.2, 0) is 14.9 Å². The fraction of sp³-hybridized carbons (Fsp3) is 0.611. The lowest BCUT2D eigenvalue weighted by molar-refractivity contribution is -0.130. The van der Waals surface area contributed by atoms with E-state index in [0.717, 1.165) is 18.6 Å². The van der Waals surface area contributed by atoms with Crippen molar-refractivity contribution in [1.82, 2.24) is 5.32 Å². The van der Waals surface area contributed by atoms with Crippen molar-refractivity contribution in [2.75, 3.05) is 13.2 Å². The quantitative estimate of drug-likeness (QED) is 0.909. The van der Waals surface area contributed by atoms with Crippen molar-refractivity contribution in [3.05, 3.63) is 29.8 Å². The molecule has 0 bridgehead atoms. The standard InChI is InChI=1S/C18H27NO3/c1-13(19-17(20)16-6-5-11-21-16)12-22-15-9-7-14(8-10-15)18(2,3)4/h7-10,13,16H,5-6,11-12H2,1-4H3,(H,19,20). The zero-order valence-corrected chi connectivity index (χ0v) is 14.0. The maximum atomic E-state index is 11.9. The molecule has 0 radical (unpaired) electrons. The Morgan fingerprint density at radius 1 is 1.36 bits per heavy atom. The summed E-state index contributed by atoms with van der Waals surface area (Å²) in [7, 11) is 0. The van der Waals surface area contributed by atoms with E-state index in [1.807, 2.05) is 19.1 Å². The second-order valence-corrected chi connectivity index (χ2v) is 7.00. The average Bonchev–Trinajstić information content (AvgIpc) is 2.99. The van der Waals surface area contributed by atoms with Gasteiger partial charge in [0.05, 0.1) is 6.04 Å². The first-order valence-corrected chi connectivity index (χ1v) is 8.01. The van der Waals surface area contributed by atoms with Gasteiger partial charge in [0.1, 0.15) is 18.5 Å². The minimum Gasteiger partial charge on any atom is -0.491 e. The average molecular weight is 305 g/mol. The van der Waals surface area contributed by atoms with E-state index in [1.54, 1.807) is 0 Å².